The summed E-state index contributed by atoms with van der Waals surface area (Å²) in [6.07, 6.45) is 0. The highest BCUT2D eigenvalue weighted by Gasteiger charge is 2.23. The number of hydrogen-bond donors (Lipinski definition) is 1. The second kappa shape index (κ2) is 8.15. The molecule has 8 heteroatoms. The lowest BCUT2D eigenvalue weighted by Crippen LogP contribution is -2.13. The number of fused-ring (bicyclic) bond motifs is 1. The van der Waals surface area contributed by atoms with Crippen LogP contribution in [0.5, 0.6) is 0 Å². The number of rotatable bonds is 4. The summed E-state index contributed by atoms with van der Waals surface area (Å²) in [6.45, 7) is 1.68. The van der Waals surface area contributed by atoms with Crippen molar-refractivity contribution in [3.8, 4) is 22.7 Å². The van der Waals surface area contributed by atoms with Crippen molar-refractivity contribution >= 4 is 45.9 Å². The van der Waals surface area contributed by atoms with Crippen LogP contribution in [0.3, 0.4) is 0 Å². The van der Waals surface area contributed by atoms with Gasteiger partial charge < -0.3 is 14.3 Å². The Kier molecular flexibility index (Phi) is 5.17. The molecule has 1 N–H and O–H groups in total. The van der Waals surface area contributed by atoms with E-state index in [9.17, 15) is 4.79 Å². The van der Waals surface area contributed by atoms with E-state index in [0.717, 1.165) is 5.56 Å². The molecule has 6 nitrogen and oxygen atoms in total. The van der Waals surface area contributed by atoms with Crippen molar-refractivity contribution in [3.63, 3.8) is 0 Å². The van der Waals surface area contributed by atoms with Gasteiger partial charge in [0.05, 0.1) is 5.02 Å². The number of amides is 1. The predicted octanol–water partition coefficient (Wildman–Crippen LogP) is 7.02. The Morgan fingerprint density at radius 2 is 1.78 bits per heavy atom. The number of oxazole rings is 1. The highest BCUT2D eigenvalue weighted by molar-refractivity contribution is 6.33. The van der Waals surface area contributed by atoms with Gasteiger partial charge in [-0.1, -0.05) is 46.6 Å². The molecule has 32 heavy (non-hydrogen) atoms. The zero-order valence-electron chi connectivity index (χ0n) is 16.7. The molecular formula is C24H15Cl2N3O3. The average molecular weight is 464 g/mol. The standard InChI is InChI=1S/C24H15Cl2N3O3/c1-13-21(22(29-32-13)17-4-2-3-5-18(17)26)23(30)27-16-10-11-20-19(12-16)28-24(31-20)14-6-8-15(25)9-7-14/h2-12H,1H3,(H,27,30). The van der Waals surface area contributed by atoms with Gasteiger partial charge in [-0.05, 0) is 55.5 Å². The van der Waals surface area contributed by atoms with Crippen molar-refractivity contribution in [2.75, 3.05) is 5.32 Å². The van der Waals surface area contributed by atoms with Crippen LogP contribution in [-0.4, -0.2) is 16.0 Å². The van der Waals surface area contributed by atoms with E-state index in [-0.39, 0.29) is 5.91 Å². The topological polar surface area (TPSA) is 81.2 Å². The second-order valence-corrected chi connectivity index (χ2v) is 7.95. The van der Waals surface area contributed by atoms with Crippen LogP contribution in [-0.2, 0) is 0 Å². The van der Waals surface area contributed by atoms with Gasteiger partial charge in [-0.2, -0.15) is 0 Å². The van der Waals surface area contributed by atoms with Gasteiger partial charge in [0.1, 0.15) is 22.5 Å². The highest BCUT2D eigenvalue weighted by Crippen LogP contribution is 2.32. The van der Waals surface area contributed by atoms with Crippen LogP contribution in [0.25, 0.3) is 33.8 Å². The Hall–Kier alpha value is -3.61. The number of carbonyl (C=O) groups excluding carboxylic acids is 1. The van der Waals surface area contributed by atoms with Crippen LogP contribution in [0.4, 0.5) is 5.69 Å². The molecule has 2 aromatic heterocycles. The molecular weight excluding hydrogens is 449 g/mol. The van der Waals surface area contributed by atoms with E-state index in [1.165, 1.54) is 0 Å². The van der Waals surface area contributed by atoms with Crippen molar-refractivity contribution in [2.45, 2.75) is 6.92 Å². The number of halogens is 2. The minimum Gasteiger partial charge on any atom is -0.436 e. The molecule has 0 aliphatic rings. The fourth-order valence-corrected chi connectivity index (χ4v) is 3.74. The van der Waals surface area contributed by atoms with Gasteiger partial charge in [0, 0.05) is 21.8 Å². The molecule has 0 saturated heterocycles. The maximum Gasteiger partial charge on any atom is 0.261 e. The van der Waals surface area contributed by atoms with Gasteiger partial charge in [0.25, 0.3) is 5.91 Å². The fourth-order valence-electron chi connectivity index (χ4n) is 3.39. The predicted molar refractivity (Wildman–Crippen MR) is 124 cm³/mol. The van der Waals surface area contributed by atoms with Crippen LogP contribution in [0.1, 0.15) is 16.1 Å². The quantitative estimate of drug-likeness (QED) is 0.309. The Balaban J connectivity index is 1.45. The smallest absolute Gasteiger partial charge is 0.261 e. The summed E-state index contributed by atoms with van der Waals surface area (Å²) in [7, 11) is 0. The van der Waals surface area contributed by atoms with Crippen LogP contribution < -0.4 is 5.32 Å². The van der Waals surface area contributed by atoms with Crippen LogP contribution in [0.15, 0.2) is 75.7 Å². The molecule has 5 aromatic rings. The van der Waals surface area contributed by atoms with E-state index in [1.54, 1.807) is 49.4 Å². The second-order valence-electron chi connectivity index (χ2n) is 7.10. The minimum absolute atomic E-state index is 0.320. The van der Waals surface area contributed by atoms with Gasteiger partial charge in [0.2, 0.25) is 5.89 Å². The molecule has 0 bridgehead atoms. The Morgan fingerprint density at radius 3 is 2.56 bits per heavy atom. The molecule has 0 saturated carbocycles. The third-order valence-electron chi connectivity index (χ3n) is 4.96. The summed E-state index contributed by atoms with van der Waals surface area (Å²) >= 11 is 12.2. The maximum absolute atomic E-state index is 13.1. The van der Waals surface area contributed by atoms with E-state index in [1.807, 2.05) is 24.3 Å². The summed E-state index contributed by atoms with van der Waals surface area (Å²) in [5, 5.41) is 8.04. The van der Waals surface area contributed by atoms with Gasteiger partial charge in [0.15, 0.2) is 5.58 Å². The summed E-state index contributed by atoms with van der Waals surface area (Å²) < 4.78 is 11.1. The number of benzene rings is 3. The SMILES string of the molecule is Cc1onc(-c2ccccc2Cl)c1C(=O)Nc1ccc2oc(-c3ccc(Cl)cc3)nc2c1. The molecule has 0 spiro atoms. The summed E-state index contributed by atoms with van der Waals surface area (Å²) in [5.74, 6) is 0.500. The lowest BCUT2D eigenvalue weighted by atomic mass is 10.1. The first-order valence-corrected chi connectivity index (χ1v) is 10.4. The lowest BCUT2D eigenvalue weighted by Gasteiger charge is -2.06. The van der Waals surface area contributed by atoms with Crippen molar-refractivity contribution in [3.05, 3.63) is 88.1 Å². The van der Waals surface area contributed by atoms with Gasteiger partial charge in [-0.25, -0.2) is 4.98 Å². The van der Waals surface area contributed by atoms with Crippen LogP contribution in [0.2, 0.25) is 10.0 Å². The molecule has 0 unspecified atom stereocenters. The largest absolute Gasteiger partial charge is 0.436 e. The third-order valence-corrected chi connectivity index (χ3v) is 5.54. The van der Waals surface area contributed by atoms with Gasteiger partial charge in [-0.15, -0.1) is 0 Å². The molecule has 158 valence electrons. The summed E-state index contributed by atoms with van der Waals surface area (Å²) in [4.78, 5) is 17.6. The van der Waals surface area contributed by atoms with E-state index in [4.69, 9.17) is 32.1 Å². The van der Waals surface area contributed by atoms with Crippen molar-refractivity contribution < 1.29 is 13.7 Å². The zero-order chi connectivity index (χ0) is 22.2. The van der Waals surface area contributed by atoms with Crippen LogP contribution in [0, 0.1) is 6.92 Å². The highest BCUT2D eigenvalue weighted by atomic mass is 35.5. The van der Waals surface area contributed by atoms with Crippen molar-refractivity contribution in [1.29, 1.82) is 0 Å². The Morgan fingerprint density at radius 1 is 1.00 bits per heavy atom. The van der Waals surface area contributed by atoms with E-state index < -0.39 is 0 Å². The molecule has 0 atom stereocenters. The van der Waals surface area contributed by atoms with Crippen molar-refractivity contribution in [1.82, 2.24) is 10.1 Å². The van der Waals surface area contributed by atoms with E-state index in [0.29, 0.717) is 55.3 Å². The Bertz CT molecular complexity index is 1460. The van der Waals surface area contributed by atoms with E-state index in [2.05, 4.69) is 15.5 Å². The number of anilines is 1. The first-order chi connectivity index (χ1) is 15.5. The molecule has 0 aliphatic carbocycles. The number of carbonyl (C=O) groups is 1. The fraction of sp³-hybridized carbons (Fsp3) is 0.0417. The number of aryl methyl sites for hydroxylation is 1. The molecule has 2 heterocycles. The molecule has 3 aromatic carbocycles. The minimum atomic E-state index is -0.362. The number of nitrogens with one attached hydrogen (secondary N) is 1. The van der Waals surface area contributed by atoms with Crippen LogP contribution >= 0.6 is 23.2 Å². The first kappa shape index (κ1) is 20.3. The summed E-state index contributed by atoms with van der Waals surface area (Å²) in [6, 6.07) is 19.6. The van der Waals surface area contributed by atoms with Crippen molar-refractivity contribution in [2.24, 2.45) is 0 Å². The van der Waals surface area contributed by atoms with Gasteiger partial charge in [-0.3, -0.25) is 4.79 Å². The number of nitrogens with zero attached hydrogens (tertiary/aromatic N) is 2. The summed E-state index contributed by atoms with van der Waals surface area (Å²) in [5.41, 5.74) is 3.91. The average Bonchev–Trinajstić information content (AvgIpc) is 3.38. The Labute approximate surface area is 192 Å². The molecule has 1 amide bonds. The maximum atomic E-state index is 13.1. The molecule has 0 radical (unpaired) electrons. The molecule has 5 rings (SSSR count). The van der Waals surface area contributed by atoms with E-state index >= 15 is 0 Å². The normalized spacial score (nSPS) is 11.1. The number of hydrogen-bond acceptors (Lipinski definition) is 5. The zero-order valence-corrected chi connectivity index (χ0v) is 18.2. The third kappa shape index (κ3) is 3.75. The molecule has 0 aliphatic heterocycles. The first-order valence-electron chi connectivity index (χ1n) is 9.68. The lowest BCUT2D eigenvalue weighted by molar-refractivity contribution is 0.102. The number of aromatic nitrogens is 2. The van der Waals surface area contributed by atoms with Gasteiger partial charge >= 0.3 is 0 Å². The monoisotopic (exact) mass is 463 g/mol. The molecule has 0 fully saturated rings.